The van der Waals surface area contributed by atoms with E-state index in [0.29, 0.717) is 19.0 Å². The number of guanidine groups is 1. The van der Waals surface area contributed by atoms with Crippen molar-refractivity contribution >= 4 is 41.3 Å². The molecule has 0 radical (unpaired) electrons. The summed E-state index contributed by atoms with van der Waals surface area (Å²) in [5, 5.41) is 9.79. The standard InChI is InChI=1S/C19H27FN4S.HI/c1-13(2)16-11-25-17(24-16)10-22-18(21-5)23-12-19(3,4)14-6-8-15(20)9-7-14;/h6-9,11,13H,10,12H2,1-5H3,(H2,21,22,23);1H. The Morgan fingerprint density at radius 2 is 1.88 bits per heavy atom. The van der Waals surface area contributed by atoms with Gasteiger partial charge in [0.05, 0.1) is 12.2 Å². The Hall–Kier alpha value is -1.22. The number of rotatable bonds is 6. The summed E-state index contributed by atoms with van der Waals surface area (Å²) in [4.78, 5) is 8.89. The molecule has 0 saturated carbocycles. The molecule has 0 spiro atoms. The maximum atomic E-state index is 13.1. The van der Waals surface area contributed by atoms with Crippen molar-refractivity contribution in [1.29, 1.82) is 0 Å². The van der Waals surface area contributed by atoms with Crippen LogP contribution >= 0.6 is 35.3 Å². The molecule has 2 rings (SSSR count). The fourth-order valence-electron chi connectivity index (χ4n) is 2.36. The maximum Gasteiger partial charge on any atom is 0.191 e. The van der Waals surface area contributed by atoms with Gasteiger partial charge < -0.3 is 10.6 Å². The molecule has 4 nitrogen and oxygen atoms in total. The van der Waals surface area contributed by atoms with E-state index in [1.165, 1.54) is 12.1 Å². The molecule has 144 valence electrons. The van der Waals surface area contributed by atoms with Gasteiger partial charge in [-0.15, -0.1) is 35.3 Å². The zero-order chi connectivity index (χ0) is 18.4. The van der Waals surface area contributed by atoms with E-state index >= 15 is 0 Å². The van der Waals surface area contributed by atoms with Crippen LogP contribution in [0.1, 0.15) is 49.9 Å². The van der Waals surface area contributed by atoms with Crippen LogP contribution in [-0.4, -0.2) is 24.5 Å². The quantitative estimate of drug-likeness (QED) is 0.352. The molecule has 7 heteroatoms. The van der Waals surface area contributed by atoms with Crippen molar-refractivity contribution in [2.45, 2.75) is 45.6 Å². The van der Waals surface area contributed by atoms with Gasteiger partial charge in [0, 0.05) is 24.4 Å². The molecular formula is C19H28FIN4S. The molecule has 0 fully saturated rings. The lowest BCUT2D eigenvalue weighted by Gasteiger charge is -2.26. The number of thiazole rings is 1. The van der Waals surface area contributed by atoms with Gasteiger partial charge in [-0.25, -0.2) is 9.37 Å². The second kappa shape index (κ2) is 10.2. The van der Waals surface area contributed by atoms with E-state index in [-0.39, 0.29) is 35.2 Å². The van der Waals surface area contributed by atoms with E-state index in [4.69, 9.17) is 0 Å². The number of nitrogens with zero attached hydrogens (tertiary/aromatic N) is 2. The Bertz CT molecular complexity index is 711. The van der Waals surface area contributed by atoms with E-state index in [1.54, 1.807) is 18.4 Å². The number of benzene rings is 1. The third-order valence-electron chi connectivity index (χ3n) is 4.12. The van der Waals surface area contributed by atoms with Crippen molar-refractivity contribution in [1.82, 2.24) is 15.6 Å². The van der Waals surface area contributed by atoms with Crippen LogP contribution in [0, 0.1) is 5.82 Å². The number of hydrogen-bond donors (Lipinski definition) is 2. The van der Waals surface area contributed by atoms with Gasteiger partial charge in [-0.3, -0.25) is 4.99 Å². The molecule has 1 aromatic carbocycles. The first kappa shape index (κ1) is 22.8. The maximum absolute atomic E-state index is 13.1. The Morgan fingerprint density at radius 1 is 1.23 bits per heavy atom. The fourth-order valence-corrected chi connectivity index (χ4v) is 3.25. The Labute approximate surface area is 176 Å². The van der Waals surface area contributed by atoms with Crippen molar-refractivity contribution in [3.63, 3.8) is 0 Å². The average Bonchev–Trinajstić information content (AvgIpc) is 3.04. The Balaban J connectivity index is 0.00000338. The van der Waals surface area contributed by atoms with Crippen molar-refractivity contribution < 1.29 is 4.39 Å². The van der Waals surface area contributed by atoms with Crippen molar-refractivity contribution in [2.75, 3.05) is 13.6 Å². The summed E-state index contributed by atoms with van der Waals surface area (Å²) in [5.74, 6) is 0.963. The van der Waals surface area contributed by atoms with Gasteiger partial charge >= 0.3 is 0 Å². The third kappa shape index (κ3) is 6.50. The highest BCUT2D eigenvalue weighted by Gasteiger charge is 2.21. The predicted molar refractivity (Wildman–Crippen MR) is 119 cm³/mol. The Kier molecular flexibility index (Phi) is 8.95. The normalized spacial score (nSPS) is 12.0. The summed E-state index contributed by atoms with van der Waals surface area (Å²) < 4.78 is 13.1. The van der Waals surface area contributed by atoms with Crippen LogP contribution in [0.5, 0.6) is 0 Å². The molecular weight excluding hydrogens is 462 g/mol. The van der Waals surface area contributed by atoms with Crippen molar-refractivity contribution in [2.24, 2.45) is 4.99 Å². The van der Waals surface area contributed by atoms with E-state index in [2.05, 4.69) is 53.7 Å². The molecule has 0 atom stereocenters. The fraction of sp³-hybridized carbons (Fsp3) is 0.474. The molecule has 0 aliphatic rings. The number of aliphatic imine (C=N–C) groups is 1. The zero-order valence-corrected chi connectivity index (χ0v) is 19.1. The van der Waals surface area contributed by atoms with E-state index in [9.17, 15) is 4.39 Å². The SMILES string of the molecule is CN=C(NCc1nc(C(C)C)cs1)NCC(C)(C)c1ccc(F)cc1.I. The van der Waals surface area contributed by atoms with Crippen LogP contribution < -0.4 is 10.6 Å². The molecule has 0 bridgehead atoms. The summed E-state index contributed by atoms with van der Waals surface area (Å²) in [6.07, 6.45) is 0. The van der Waals surface area contributed by atoms with E-state index in [1.807, 2.05) is 12.1 Å². The van der Waals surface area contributed by atoms with Gasteiger partial charge in [0.15, 0.2) is 5.96 Å². The minimum Gasteiger partial charge on any atom is -0.356 e. The van der Waals surface area contributed by atoms with Gasteiger partial charge in [-0.1, -0.05) is 39.8 Å². The number of halogens is 2. The molecule has 0 unspecified atom stereocenters. The largest absolute Gasteiger partial charge is 0.356 e. The van der Waals surface area contributed by atoms with Crippen molar-refractivity contribution in [3.05, 3.63) is 51.7 Å². The number of aromatic nitrogens is 1. The summed E-state index contributed by atoms with van der Waals surface area (Å²) in [7, 11) is 1.75. The van der Waals surface area contributed by atoms with E-state index in [0.717, 1.165) is 22.2 Å². The highest BCUT2D eigenvalue weighted by Crippen LogP contribution is 2.22. The van der Waals surface area contributed by atoms with Crippen LogP contribution in [0.2, 0.25) is 0 Å². The monoisotopic (exact) mass is 490 g/mol. The Morgan fingerprint density at radius 3 is 2.42 bits per heavy atom. The minimum absolute atomic E-state index is 0. The van der Waals surface area contributed by atoms with Gasteiger partial charge in [0.1, 0.15) is 10.8 Å². The third-order valence-corrected chi connectivity index (χ3v) is 4.98. The molecule has 26 heavy (non-hydrogen) atoms. The van der Waals surface area contributed by atoms with Crippen LogP contribution in [-0.2, 0) is 12.0 Å². The van der Waals surface area contributed by atoms with Crippen LogP contribution in [0.3, 0.4) is 0 Å². The van der Waals surface area contributed by atoms with Crippen molar-refractivity contribution in [3.8, 4) is 0 Å². The first-order chi connectivity index (χ1) is 11.8. The molecule has 2 aromatic rings. The predicted octanol–water partition coefficient (Wildman–Crippen LogP) is 4.67. The van der Waals surface area contributed by atoms with Crippen LogP contribution in [0.25, 0.3) is 0 Å². The first-order valence-corrected chi connectivity index (χ1v) is 9.34. The van der Waals surface area contributed by atoms with Gasteiger partial charge in [0.25, 0.3) is 0 Å². The smallest absolute Gasteiger partial charge is 0.191 e. The van der Waals surface area contributed by atoms with Gasteiger partial charge in [-0.2, -0.15) is 0 Å². The van der Waals surface area contributed by atoms with Crippen LogP contribution in [0.15, 0.2) is 34.6 Å². The molecule has 0 aliphatic heterocycles. The number of hydrogen-bond acceptors (Lipinski definition) is 3. The average molecular weight is 490 g/mol. The highest BCUT2D eigenvalue weighted by atomic mass is 127. The second-order valence-corrected chi connectivity index (χ2v) is 7.93. The van der Waals surface area contributed by atoms with Gasteiger partial charge in [-0.05, 0) is 23.6 Å². The number of nitrogens with one attached hydrogen (secondary N) is 2. The summed E-state index contributed by atoms with van der Waals surface area (Å²) in [6.45, 7) is 9.86. The zero-order valence-electron chi connectivity index (χ0n) is 16.0. The topological polar surface area (TPSA) is 49.3 Å². The molecule has 0 amide bonds. The lowest BCUT2D eigenvalue weighted by Crippen LogP contribution is -2.43. The first-order valence-electron chi connectivity index (χ1n) is 8.46. The lowest BCUT2D eigenvalue weighted by atomic mass is 9.84. The lowest BCUT2D eigenvalue weighted by molar-refractivity contribution is 0.507. The summed E-state index contributed by atoms with van der Waals surface area (Å²) >= 11 is 1.66. The highest BCUT2D eigenvalue weighted by molar-refractivity contribution is 14.0. The minimum atomic E-state index is -0.214. The van der Waals surface area contributed by atoms with Gasteiger partial charge in [0.2, 0.25) is 0 Å². The van der Waals surface area contributed by atoms with Crippen LogP contribution in [0.4, 0.5) is 4.39 Å². The van der Waals surface area contributed by atoms with E-state index < -0.39 is 0 Å². The summed E-state index contributed by atoms with van der Waals surface area (Å²) in [5.41, 5.74) is 2.07. The molecule has 0 aliphatic carbocycles. The molecule has 1 aromatic heterocycles. The molecule has 0 saturated heterocycles. The molecule has 2 N–H and O–H groups in total. The molecule has 1 heterocycles. The summed E-state index contributed by atoms with van der Waals surface area (Å²) in [6, 6.07) is 6.66. The second-order valence-electron chi connectivity index (χ2n) is 6.99.